The summed E-state index contributed by atoms with van der Waals surface area (Å²) in [6.07, 6.45) is 1.75. The van der Waals surface area contributed by atoms with E-state index in [1.54, 1.807) is 36.4 Å². The Hall–Kier alpha value is -2.74. The summed E-state index contributed by atoms with van der Waals surface area (Å²) in [5.41, 5.74) is 0.233. The van der Waals surface area contributed by atoms with E-state index in [1.807, 2.05) is 6.92 Å². The van der Waals surface area contributed by atoms with E-state index in [4.69, 9.17) is 9.47 Å². The van der Waals surface area contributed by atoms with Crippen molar-refractivity contribution in [1.82, 2.24) is 5.32 Å². The first-order valence-corrected chi connectivity index (χ1v) is 10.4. The Balaban J connectivity index is 2.49. The number of methoxy groups -OCH3 is 2. The Kier molecular flexibility index (Phi) is 7.69. The van der Waals surface area contributed by atoms with Crippen LogP contribution in [0.3, 0.4) is 0 Å². The molecule has 2 aromatic carbocycles. The van der Waals surface area contributed by atoms with Crippen LogP contribution in [0.5, 0.6) is 11.5 Å². The summed E-state index contributed by atoms with van der Waals surface area (Å²) in [5.74, 6) is 0.384. The highest BCUT2D eigenvalue weighted by atomic mass is 32.2. The fourth-order valence-corrected chi connectivity index (χ4v) is 4.05. The van der Waals surface area contributed by atoms with Gasteiger partial charge in [0.25, 0.3) is 10.0 Å². The van der Waals surface area contributed by atoms with E-state index < -0.39 is 15.9 Å². The fourth-order valence-electron chi connectivity index (χ4n) is 2.60. The third-order valence-electron chi connectivity index (χ3n) is 4.13. The van der Waals surface area contributed by atoms with Crippen LogP contribution >= 0.6 is 0 Å². The largest absolute Gasteiger partial charge is 0.497 e. The maximum Gasteiger partial charge on any atom is 0.264 e. The van der Waals surface area contributed by atoms with Gasteiger partial charge in [-0.25, -0.2) is 8.42 Å². The smallest absolute Gasteiger partial charge is 0.264 e. The van der Waals surface area contributed by atoms with Gasteiger partial charge < -0.3 is 14.8 Å². The first kappa shape index (κ1) is 21.6. The van der Waals surface area contributed by atoms with E-state index in [2.05, 4.69) is 5.32 Å². The molecule has 0 saturated heterocycles. The minimum atomic E-state index is -4.00. The second kappa shape index (κ2) is 9.98. The number of anilines is 1. The fraction of sp³-hybridized carbons (Fsp3) is 0.350. The maximum absolute atomic E-state index is 13.3. The normalized spacial score (nSPS) is 11.0. The summed E-state index contributed by atoms with van der Waals surface area (Å²) < 4.78 is 38.3. The molecular weight excluding hydrogens is 380 g/mol. The average Bonchev–Trinajstić information content (AvgIpc) is 2.72. The molecule has 0 aliphatic heterocycles. The topological polar surface area (TPSA) is 84.9 Å². The Morgan fingerprint density at radius 1 is 1.07 bits per heavy atom. The van der Waals surface area contributed by atoms with E-state index in [1.165, 1.54) is 26.4 Å². The molecule has 0 fully saturated rings. The third-order valence-corrected chi connectivity index (χ3v) is 5.90. The number of sulfonamides is 1. The lowest BCUT2D eigenvalue weighted by Gasteiger charge is -2.26. The molecule has 0 unspecified atom stereocenters. The number of rotatable bonds is 10. The van der Waals surface area contributed by atoms with Crippen molar-refractivity contribution in [2.24, 2.45) is 0 Å². The lowest BCUT2D eigenvalue weighted by Crippen LogP contribution is -2.41. The van der Waals surface area contributed by atoms with Gasteiger partial charge in [-0.3, -0.25) is 9.10 Å². The van der Waals surface area contributed by atoms with E-state index in [0.29, 0.717) is 18.0 Å². The highest BCUT2D eigenvalue weighted by Crippen LogP contribution is 2.35. The van der Waals surface area contributed by atoms with E-state index in [-0.39, 0.29) is 17.1 Å². The zero-order valence-electron chi connectivity index (χ0n) is 16.3. The number of carbonyl (C=O) groups is 1. The number of carbonyl (C=O) groups excluding carboxylic acids is 1. The molecule has 0 bridgehead atoms. The van der Waals surface area contributed by atoms with Gasteiger partial charge >= 0.3 is 0 Å². The van der Waals surface area contributed by atoms with Crippen LogP contribution in [0.1, 0.15) is 19.8 Å². The Morgan fingerprint density at radius 2 is 1.79 bits per heavy atom. The minimum absolute atomic E-state index is 0.0845. The van der Waals surface area contributed by atoms with Crippen LogP contribution in [0.2, 0.25) is 0 Å². The summed E-state index contributed by atoms with van der Waals surface area (Å²) in [4.78, 5) is 12.5. The molecule has 8 heteroatoms. The van der Waals surface area contributed by atoms with Crippen molar-refractivity contribution in [3.63, 3.8) is 0 Å². The van der Waals surface area contributed by atoms with Crippen LogP contribution in [0, 0.1) is 0 Å². The van der Waals surface area contributed by atoms with Gasteiger partial charge in [-0.2, -0.15) is 0 Å². The summed E-state index contributed by atoms with van der Waals surface area (Å²) in [6, 6.07) is 12.8. The van der Waals surface area contributed by atoms with Gasteiger partial charge in [0.15, 0.2) is 0 Å². The van der Waals surface area contributed by atoms with Gasteiger partial charge in [0.05, 0.1) is 24.8 Å². The number of hydrogen-bond acceptors (Lipinski definition) is 5. The molecule has 0 heterocycles. The zero-order chi connectivity index (χ0) is 20.6. The molecule has 0 aromatic heterocycles. The van der Waals surface area contributed by atoms with Crippen LogP contribution in [-0.2, 0) is 14.8 Å². The quantitative estimate of drug-likeness (QED) is 0.613. The van der Waals surface area contributed by atoms with Gasteiger partial charge in [0, 0.05) is 12.6 Å². The van der Waals surface area contributed by atoms with Crippen molar-refractivity contribution in [2.45, 2.75) is 24.7 Å². The van der Waals surface area contributed by atoms with Crippen LogP contribution in [-0.4, -0.2) is 41.6 Å². The summed E-state index contributed by atoms with van der Waals surface area (Å²) in [7, 11) is -1.07. The zero-order valence-corrected chi connectivity index (χ0v) is 17.2. The van der Waals surface area contributed by atoms with Gasteiger partial charge in [-0.05, 0) is 30.7 Å². The summed E-state index contributed by atoms with van der Waals surface area (Å²) in [6.45, 7) is 2.13. The van der Waals surface area contributed by atoms with Crippen LogP contribution in [0.15, 0.2) is 53.4 Å². The number of nitrogens with one attached hydrogen (secondary N) is 1. The van der Waals surface area contributed by atoms with E-state index in [0.717, 1.165) is 17.1 Å². The summed E-state index contributed by atoms with van der Waals surface area (Å²) >= 11 is 0. The first-order valence-electron chi connectivity index (χ1n) is 9.00. The molecular formula is C20H26N2O5S. The number of amides is 1. The Morgan fingerprint density at radius 3 is 2.39 bits per heavy atom. The van der Waals surface area contributed by atoms with E-state index in [9.17, 15) is 13.2 Å². The van der Waals surface area contributed by atoms with Crippen molar-refractivity contribution in [1.29, 1.82) is 0 Å². The minimum Gasteiger partial charge on any atom is -0.497 e. The molecule has 1 N–H and O–H groups in total. The molecule has 152 valence electrons. The summed E-state index contributed by atoms with van der Waals surface area (Å²) in [5, 5.41) is 2.76. The molecule has 0 aliphatic carbocycles. The number of hydrogen-bond donors (Lipinski definition) is 1. The van der Waals surface area contributed by atoms with Crippen molar-refractivity contribution in [2.75, 3.05) is 31.6 Å². The number of ether oxygens (including phenoxy) is 2. The van der Waals surface area contributed by atoms with Crippen LogP contribution < -0.4 is 19.1 Å². The number of unbranched alkanes of at least 4 members (excludes halogenated alkanes) is 1. The Labute approximate surface area is 166 Å². The molecule has 28 heavy (non-hydrogen) atoms. The van der Waals surface area contributed by atoms with Crippen molar-refractivity contribution in [3.05, 3.63) is 48.5 Å². The highest BCUT2D eigenvalue weighted by Gasteiger charge is 2.29. The van der Waals surface area contributed by atoms with Crippen molar-refractivity contribution in [3.8, 4) is 11.5 Å². The molecule has 1 amide bonds. The maximum atomic E-state index is 13.3. The predicted molar refractivity (Wildman–Crippen MR) is 108 cm³/mol. The van der Waals surface area contributed by atoms with E-state index >= 15 is 0 Å². The second-order valence-corrected chi connectivity index (χ2v) is 7.93. The first-order chi connectivity index (χ1) is 13.4. The molecule has 0 spiro atoms. The molecule has 0 atom stereocenters. The average molecular weight is 407 g/mol. The number of nitrogens with zero attached hydrogens (tertiary/aromatic N) is 1. The van der Waals surface area contributed by atoms with Crippen molar-refractivity contribution >= 4 is 21.6 Å². The van der Waals surface area contributed by atoms with Gasteiger partial charge in [-0.15, -0.1) is 0 Å². The molecule has 0 aliphatic rings. The van der Waals surface area contributed by atoms with Gasteiger partial charge in [0.2, 0.25) is 5.91 Å². The van der Waals surface area contributed by atoms with Crippen molar-refractivity contribution < 1.29 is 22.7 Å². The lowest BCUT2D eigenvalue weighted by molar-refractivity contribution is -0.119. The van der Waals surface area contributed by atoms with Gasteiger partial charge in [-0.1, -0.05) is 31.5 Å². The SMILES string of the molecule is CCCCNC(=O)CN(c1cc(OC)ccc1OC)S(=O)(=O)c1ccccc1. The number of benzene rings is 2. The monoisotopic (exact) mass is 406 g/mol. The van der Waals surface area contributed by atoms with Crippen LogP contribution in [0.25, 0.3) is 0 Å². The second-order valence-electron chi connectivity index (χ2n) is 6.07. The molecule has 0 saturated carbocycles. The third kappa shape index (κ3) is 5.16. The lowest BCUT2D eigenvalue weighted by atomic mass is 10.2. The van der Waals surface area contributed by atoms with Crippen LogP contribution in [0.4, 0.5) is 5.69 Å². The van der Waals surface area contributed by atoms with Gasteiger partial charge in [0.1, 0.15) is 18.0 Å². The predicted octanol–water partition coefficient (Wildman–Crippen LogP) is 2.82. The molecule has 2 aromatic rings. The standard InChI is InChI=1S/C20H26N2O5S/c1-4-5-13-21-20(23)15-22(28(24,25)17-9-7-6-8-10-17)18-14-16(26-2)11-12-19(18)27-3/h6-12,14H,4-5,13,15H2,1-3H3,(H,21,23). The molecule has 7 nitrogen and oxygen atoms in total. The Bertz CT molecular complexity index is 885. The molecule has 2 rings (SSSR count). The highest BCUT2D eigenvalue weighted by molar-refractivity contribution is 7.92. The molecule has 0 radical (unpaired) electrons.